The molecule has 2 aromatic rings. The number of rotatable bonds is 8. The van der Waals surface area contributed by atoms with Crippen molar-refractivity contribution in [3.63, 3.8) is 0 Å². The second-order valence-electron chi connectivity index (χ2n) is 6.98. The van der Waals surface area contributed by atoms with Gasteiger partial charge in [-0.25, -0.2) is 4.98 Å². The summed E-state index contributed by atoms with van der Waals surface area (Å²) < 4.78 is 5.58. The summed E-state index contributed by atoms with van der Waals surface area (Å²) in [5.74, 6) is 2.08. The van der Waals surface area contributed by atoms with Crippen molar-refractivity contribution in [1.29, 1.82) is 0 Å². The van der Waals surface area contributed by atoms with E-state index < -0.39 is 0 Å². The molecule has 2 heterocycles. The molecule has 7 nitrogen and oxygen atoms in total. The third kappa shape index (κ3) is 5.53. The molecule has 146 valence electrons. The van der Waals surface area contributed by atoms with E-state index in [1.165, 1.54) is 11.9 Å². The Morgan fingerprint density at radius 3 is 2.74 bits per heavy atom. The molecule has 1 aliphatic heterocycles. The van der Waals surface area contributed by atoms with Crippen LogP contribution in [0.5, 0.6) is 5.75 Å². The zero-order valence-electron chi connectivity index (χ0n) is 16.3. The van der Waals surface area contributed by atoms with Gasteiger partial charge in [-0.2, -0.15) is 5.10 Å². The SMILES string of the molecule is CCOc1ccc(CCCC(=O)N2CCN(Cc3ncn[nH]3)CC2)cc1C. The molecule has 0 saturated carbocycles. The Morgan fingerprint density at radius 1 is 1.26 bits per heavy atom. The van der Waals surface area contributed by atoms with Crippen molar-refractivity contribution in [3.8, 4) is 5.75 Å². The summed E-state index contributed by atoms with van der Waals surface area (Å²) in [7, 11) is 0. The van der Waals surface area contributed by atoms with Crippen molar-refractivity contribution in [2.24, 2.45) is 0 Å². The fourth-order valence-electron chi connectivity index (χ4n) is 3.46. The van der Waals surface area contributed by atoms with Gasteiger partial charge in [0.05, 0.1) is 13.2 Å². The second-order valence-corrected chi connectivity index (χ2v) is 6.98. The van der Waals surface area contributed by atoms with Crippen LogP contribution >= 0.6 is 0 Å². The van der Waals surface area contributed by atoms with Gasteiger partial charge >= 0.3 is 0 Å². The standard InChI is InChI=1S/C20H29N5O2/c1-3-27-18-8-7-17(13-16(18)2)5-4-6-20(26)25-11-9-24(10-12-25)14-19-21-15-22-23-19/h7-8,13,15H,3-6,9-12,14H2,1-2H3,(H,21,22,23). The molecule has 1 amide bonds. The summed E-state index contributed by atoms with van der Waals surface area (Å²) in [5.41, 5.74) is 2.42. The van der Waals surface area contributed by atoms with Crippen molar-refractivity contribution >= 4 is 5.91 Å². The van der Waals surface area contributed by atoms with E-state index in [9.17, 15) is 4.79 Å². The van der Waals surface area contributed by atoms with E-state index in [2.05, 4.69) is 39.1 Å². The Labute approximate surface area is 160 Å². The van der Waals surface area contributed by atoms with Gasteiger partial charge in [0, 0.05) is 32.6 Å². The predicted molar refractivity (Wildman–Crippen MR) is 104 cm³/mol. The number of H-pyrrole nitrogens is 1. The lowest BCUT2D eigenvalue weighted by atomic mass is 10.0. The quantitative estimate of drug-likeness (QED) is 0.770. The van der Waals surface area contributed by atoms with Gasteiger partial charge in [0.2, 0.25) is 5.91 Å². The molecule has 0 bridgehead atoms. The van der Waals surface area contributed by atoms with Gasteiger partial charge in [0.25, 0.3) is 0 Å². The van der Waals surface area contributed by atoms with Crippen LogP contribution in [0.1, 0.15) is 36.7 Å². The van der Waals surface area contributed by atoms with Crippen LogP contribution in [0.3, 0.4) is 0 Å². The monoisotopic (exact) mass is 371 g/mol. The first-order valence-corrected chi connectivity index (χ1v) is 9.72. The fraction of sp³-hybridized carbons (Fsp3) is 0.550. The van der Waals surface area contributed by atoms with Crippen LogP contribution in [-0.4, -0.2) is 63.7 Å². The van der Waals surface area contributed by atoms with E-state index in [1.807, 2.05) is 17.9 Å². The van der Waals surface area contributed by atoms with E-state index in [0.717, 1.165) is 62.7 Å². The summed E-state index contributed by atoms with van der Waals surface area (Å²) in [6.07, 6.45) is 3.93. The summed E-state index contributed by atoms with van der Waals surface area (Å²) >= 11 is 0. The number of aromatic amines is 1. The van der Waals surface area contributed by atoms with Crippen LogP contribution < -0.4 is 4.74 Å². The number of ether oxygens (including phenoxy) is 1. The number of benzene rings is 1. The van der Waals surface area contributed by atoms with E-state index in [1.54, 1.807) is 0 Å². The lowest BCUT2D eigenvalue weighted by Crippen LogP contribution is -2.48. The molecule has 1 aliphatic rings. The van der Waals surface area contributed by atoms with Gasteiger partial charge in [-0.3, -0.25) is 14.8 Å². The zero-order valence-corrected chi connectivity index (χ0v) is 16.3. The maximum atomic E-state index is 12.5. The molecule has 1 fully saturated rings. The van der Waals surface area contributed by atoms with Gasteiger partial charge in [-0.1, -0.05) is 12.1 Å². The number of hydrogen-bond donors (Lipinski definition) is 1. The van der Waals surface area contributed by atoms with Crippen LogP contribution in [0.15, 0.2) is 24.5 Å². The lowest BCUT2D eigenvalue weighted by molar-refractivity contribution is -0.133. The first-order chi connectivity index (χ1) is 13.2. The average Bonchev–Trinajstić information content (AvgIpc) is 3.17. The Morgan fingerprint density at radius 2 is 2.07 bits per heavy atom. The van der Waals surface area contributed by atoms with E-state index in [-0.39, 0.29) is 5.91 Å². The highest BCUT2D eigenvalue weighted by molar-refractivity contribution is 5.76. The minimum atomic E-state index is 0.261. The normalized spacial score (nSPS) is 15.1. The molecule has 27 heavy (non-hydrogen) atoms. The van der Waals surface area contributed by atoms with Gasteiger partial charge in [-0.05, 0) is 43.9 Å². The van der Waals surface area contributed by atoms with Crippen LogP contribution in [0.2, 0.25) is 0 Å². The van der Waals surface area contributed by atoms with Crippen molar-refractivity contribution < 1.29 is 9.53 Å². The molecule has 1 aromatic carbocycles. The molecule has 0 aliphatic carbocycles. The zero-order chi connectivity index (χ0) is 19.1. The van der Waals surface area contributed by atoms with Crippen LogP contribution in [0.25, 0.3) is 0 Å². The van der Waals surface area contributed by atoms with E-state index >= 15 is 0 Å². The minimum absolute atomic E-state index is 0.261. The molecule has 0 atom stereocenters. The largest absolute Gasteiger partial charge is 0.494 e. The van der Waals surface area contributed by atoms with Crippen molar-refractivity contribution in [3.05, 3.63) is 41.5 Å². The maximum absolute atomic E-state index is 12.5. The Hall–Kier alpha value is -2.41. The molecule has 3 rings (SSSR count). The number of nitrogens with one attached hydrogen (secondary N) is 1. The molecule has 1 N–H and O–H groups in total. The maximum Gasteiger partial charge on any atom is 0.222 e. The Bertz CT molecular complexity index is 724. The van der Waals surface area contributed by atoms with Crippen LogP contribution in [0.4, 0.5) is 0 Å². The summed E-state index contributed by atoms with van der Waals surface area (Å²) in [4.78, 5) is 20.9. The number of hydrogen-bond acceptors (Lipinski definition) is 5. The highest BCUT2D eigenvalue weighted by Gasteiger charge is 2.21. The molecule has 0 radical (unpaired) electrons. The van der Waals surface area contributed by atoms with Crippen molar-refractivity contribution in [1.82, 2.24) is 25.0 Å². The number of carbonyl (C=O) groups excluding carboxylic acids is 1. The molecule has 1 saturated heterocycles. The van der Waals surface area contributed by atoms with Gasteiger partial charge in [0.1, 0.15) is 17.9 Å². The van der Waals surface area contributed by atoms with Crippen molar-refractivity contribution in [2.45, 2.75) is 39.7 Å². The second kappa shape index (κ2) is 9.50. The number of nitrogens with zero attached hydrogens (tertiary/aromatic N) is 4. The molecular weight excluding hydrogens is 342 g/mol. The highest BCUT2D eigenvalue weighted by Crippen LogP contribution is 2.20. The summed E-state index contributed by atoms with van der Waals surface area (Å²) in [6, 6.07) is 6.30. The topological polar surface area (TPSA) is 74.3 Å². The number of piperazine rings is 1. The number of amides is 1. The predicted octanol–water partition coefficient (Wildman–Crippen LogP) is 2.18. The molecule has 1 aromatic heterocycles. The van der Waals surface area contributed by atoms with Crippen LogP contribution in [0, 0.1) is 6.92 Å². The molecule has 7 heteroatoms. The van der Waals surface area contributed by atoms with Crippen molar-refractivity contribution in [2.75, 3.05) is 32.8 Å². The van der Waals surface area contributed by atoms with Crippen LogP contribution in [-0.2, 0) is 17.8 Å². The third-order valence-corrected chi connectivity index (χ3v) is 4.96. The summed E-state index contributed by atoms with van der Waals surface area (Å²) in [6.45, 7) is 8.84. The number of carbonyl (C=O) groups is 1. The first kappa shape index (κ1) is 19.4. The molecule has 0 unspecified atom stereocenters. The number of aromatic nitrogens is 3. The van der Waals surface area contributed by atoms with Gasteiger partial charge < -0.3 is 9.64 Å². The minimum Gasteiger partial charge on any atom is -0.494 e. The average molecular weight is 371 g/mol. The van der Waals surface area contributed by atoms with E-state index in [0.29, 0.717) is 13.0 Å². The molecular formula is C20H29N5O2. The smallest absolute Gasteiger partial charge is 0.222 e. The summed E-state index contributed by atoms with van der Waals surface area (Å²) in [5, 5.41) is 6.76. The van der Waals surface area contributed by atoms with Gasteiger partial charge in [-0.15, -0.1) is 0 Å². The van der Waals surface area contributed by atoms with E-state index in [4.69, 9.17) is 4.74 Å². The molecule has 0 spiro atoms. The lowest BCUT2D eigenvalue weighted by Gasteiger charge is -2.34. The first-order valence-electron chi connectivity index (χ1n) is 9.72. The highest BCUT2D eigenvalue weighted by atomic mass is 16.5. The number of aryl methyl sites for hydroxylation is 2. The fourth-order valence-corrected chi connectivity index (χ4v) is 3.46. The third-order valence-electron chi connectivity index (χ3n) is 4.96. The Kier molecular flexibility index (Phi) is 6.81. The van der Waals surface area contributed by atoms with Gasteiger partial charge in [0.15, 0.2) is 0 Å². The Balaban J connectivity index is 1.38.